The highest BCUT2D eigenvalue weighted by atomic mass is 32.1. The van der Waals surface area contributed by atoms with Crippen LogP contribution in [0.25, 0.3) is 10.2 Å². The van der Waals surface area contributed by atoms with Gasteiger partial charge in [0.25, 0.3) is 0 Å². The molecule has 2 heterocycles. The number of carbonyl (C=O) groups excluding carboxylic acids is 1. The molecule has 2 aromatic heterocycles. The van der Waals surface area contributed by atoms with Crippen LogP contribution in [0.4, 0.5) is 17.2 Å². The molecule has 0 aliphatic heterocycles. The summed E-state index contributed by atoms with van der Waals surface area (Å²) >= 11 is 1.77. The lowest BCUT2D eigenvalue weighted by Crippen LogP contribution is -2.25. The van der Waals surface area contributed by atoms with Crippen molar-refractivity contribution in [3.63, 3.8) is 0 Å². The van der Waals surface area contributed by atoms with Gasteiger partial charge in [-0.05, 0) is 50.8 Å². The van der Waals surface area contributed by atoms with Gasteiger partial charge < -0.3 is 31.4 Å². The van der Waals surface area contributed by atoms with Gasteiger partial charge in [-0.25, -0.2) is 9.97 Å². The van der Waals surface area contributed by atoms with Crippen LogP contribution in [0, 0.1) is 11.3 Å². The lowest BCUT2D eigenvalue weighted by Gasteiger charge is -2.19. The molecule has 0 bridgehead atoms. The Labute approximate surface area is 210 Å². The molecule has 1 aliphatic rings. The maximum absolute atomic E-state index is 9.91. The first kappa shape index (κ1) is 26.4. The predicted molar refractivity (Wildman–Crippen MR) is 144 cm³/mol. The fraction of sp³-hybridized carbons (Fsp3) is 0.440. The lowest BCUT2D eigenvalue weighted by molar-refractivity contribution is -0.116. The Morgan fingerprint density at radius 2 is 2.17 bits per heavy atom. The van der Waals surface area contributed by atoms with Gasteiger partial charge in [-0.15, -0.1) is 11.3 Å². The third-order valence-corrected chi connectivity index (χ3v) is 7.04. The van der Waals surface area contributed by atoms with Crippen LogP contribution in [0.3, 0.4) is 0 Å². The second kappa shape index (κ2) is 12.5. The largest absolute Gasteiger partial charge is 0.492 e. The van der Waals surface area contributed by atoms with Crippen LogP contribution < -0.4 is 21.1 Å². The van der Waals surface area contributed by atoms with Crippen LogP contribution in [-0.4, -0.2) is 61.3 Å². The molecule has 0 spiro atoms. The number of aryl methyl sites for hydroxylation is 1. The Balaban J connectivity index is 0.000000371. The maximum atomic E-state index is 9.91. The number of nitrogens with two attached hydrogens (primary N) is 1. The molecular weight excluding hydrogens is 462 g/mol. The van der Waals surface area contributed by atoms with Crippen molar-refractivity contribution in [1.82, 2.24) is 20.2 Å². The van der Waals surface area contributed by atoms with Crippen molar-refractivity contribution >= 4 is 51.4 Å². The average Bonchev–Trinajstić information content (AvgIpc) is 3.23. The average molecular weight is 498 g/mol. The minimum atomic E-state index is 0.522. The van der Waals surface area contributed by atoms with E-state index in [1.54, 1.807) is 35.7 Å². The molecule has 10 heteroatoms. The van der Waals surface area contributed by atoms with Gasteiger partial charge in [0, 0.05) is 48.5 Å². The first-order chi connectivity index (χ1) is 16.9. The SMILES string of the molecule is CCOc1cc(N)c(C=N)cc1Nc1ncnc2sc3c(c12)CCC(C)C3.CNCCN(C)C=O. The van der Waals surface area contributed by atoms with E-state index in [1.165, 1.54) is 23.1 Å². The summed E-state index contributed by atoms with van der Waals surface area (Å²) in [6.45, 7) is 6.40. The number of carbonyl (C=O) groups is 1. The van der Waals surface area contributed by atoms with E-state index in [0.29, 0.717) is 29.5 Å². The zero-order valence-corrected chi connectivity index (χ0v) is 21.7. The third kappa shape index (κ3) is 6.46. The fourth-order valence-corrected chi connectivity index (χ4v) is 5.30. The summed E-state index contributed by atoms with van der Waals surface area (Å²) in [7, 11) is 3.61. The van der Waals surface area contributed by atoms with E-state index in [0.717, 1.165) is 54.1 Å². The molecule has 1 aromatic carbocycles. The predicted octanol–water partition coefficient (Wildman–Crippen LogP) is 3.83. The van der Waals surface area contributed by atoms with Gasteiger partial charge in [-0.1, -0.05) is 6.92 Å². The van der Waals surface area contributed by atoms with Crippen LogP contribution in [0.5, 0.6) is 5.75 Å². The fourth-order valence-electron chi connectivity index (χ4n) is 3.95. The van der Waals surface area contributed by atoms with Crippen LogP contribution in [0.15, 0.2) is 18.5 Å². The minimum absolute atomic E-state index is 0.522. The molecule has 0 radical (unpaired) electrons. The molecule has 9 nitrogen and oxygen atoms in total. The normalized spacial score (nSPS) is 14.5. The molecule has 188 valence electrons. The number of thiophene rings is 1. The topological polar surface area (TPSA) is 129 Å². The highest BCUT2D eigenvalue weighted by Crippen LogP contribution is 2.41. The first-order valence-electron chi connectivity index (χ1n) is 11.8. The summed E-state index contributed by atoms with van der Waals surface area (Å²) < 4.78 is 5.75. The van der Waals surface area contributed by atoms with Gasteiger partial charge in [0.05, 0.1) is 17.7 Å². The lowest BCUT2D eigenvalue weighted by atomic mass is 9.89. The second-order valence-electron chi connectivity index (χ2n) is 8.62. The minimum Gasteiger partial charge on any atom is -0.492 e. The Morgan fingerprint density at radius 3 is 2.86 bits per heavy atom. The number of nitrogen functional groups attached to an aromatic ring is 1. The van der Waals surface area contributed by atoms with Gasteiger partial charge in [0.2, 0.25) is 6.41 Å². The molecular formula is C25H35N7O2S. The van der Waals surface area contributed by atoms with E-state index in [9.17, 15) is 4.79 Å². The molecule has 4 rings (SSSR count). The van der Waals surface area contributed by atoms with Crippen molar-refractivity contribution in [2.75, 3.05) is 44.8 Å². The summed E-state index contributed by atoms with van der Waals surface area (Å²) in [4.78, 5) is 23.0. The number of ether oxygens (including phenoxy) is 1. The number of anilines is 3. The van der Waals surface area contributed by atoms with E-state index in [-0.39, 0.29) is 0 Å². The molecule has 5 N–H and O–H groups in total. The molecule has 1 amide bonds. The van der Waals surface area contributed by atoms with E-state index < -0.39 is 0 Å². The number of hydrogen-bond acceptors (Lipinski definition) is 9. The molecule has 35 heavy (non-hydrogen) atoms. The summed E-state index contributed by atoms with van der Waals surface area (Å²) in [6, 6.07) is 3.59. The zero-order valence-electron chi connectivity index (χ0n) is 20.9. The van der Waals surface area contributed by atoms with Gasteiger partial charge in [0.1, 0.15) is 22.7 Å². The molecule has 0 fully saturated rings. The standard InChI is InChI=1S/C20H23N5OS.C5H12N2O/c1-3-26-16-8-14(22)12(9-21)7-15(16)25-19-18-13-5-4-11(2)6-17(13)27-20(18)24-10-23-19;1-6-3-4-7(2)5-8/h7-11,21H,3-6,22H2,1-2H3,(H,23,24,25);5-6H,3-4H2,1-2H3. The maximum Gasteiger partial charge on any atom is 0.209 e. The molecule has 0 saturated carbocycles. The first-order valence-corrected chi connectivity index (χ1v) is 12.6. The van der Waals surface area contributed by atoms with Crippen molar-refractivity contribution < 1.29 is 9.53 Å². The molecule has 1 unspecified atom stereocenters. The van der Waals surface area contributed by atoms with Crippen molar-refractivity contribution in [3.05, 3.63) is 34.5 Å². The van der Waals surface area contributed by atoms with E-state index >= 15 is 0 Å². The summed E-state index contributed by atoms with van der Waals surface area (Å²) in [5.74, 6) is 2.16. The van der Waals surface area contributed by atoms with Gasteiger partial charge in [-0.2, -0.15) is 0 Å². The Bertz CT molecular complexity index is 1160. The van der Waals surface area contributed by atoms with Crippen LogP contribution in [0.1, 0.15) is 36.3 Å². The molecule has 1 aliphatic carbocycles. The monoisotopic (exact) mass is 497 g/mol. The number of aromatic nitrogens is 2. The van der Waals surface area contributed by atoms with Gasteiger partial charge in [0.15, 0.2) is 0 Å². The number of fused-ring (bicyclic) bond motifs is 3. The van der Waals surface area contributed by atoms with Crippen LogP contribution in [0.2, 0.25) is 0 Å². The molecule has 1 atom stereocenters. The quantitative estimate of drug-likeness (QED) is 0.201. The molecule has 3 aromatic rings. The van der Waals surface area contributed by atoms with Crippen molar-refractivity contribution in [2.24, 2.45) is 5.92 Å². The van der Waals surface area contributed by atoms with E-state index in [2.05, 4.69) is 27.5 Å². The Hall–Kier alpha value is -3.24. The second-order valence-corrected chi connectivity index (χ2v) is 9.71. The highest BCUT2D eigenvalue weighted by molar-refractivity contribution is 7.19. The highest BCUT2D eigenvalue weighted by Gasteiger charge is 2.23. The van der Waals surface area contributed by atoms with Crippen LogP contribution >= 0.6 is 11.3 Å². The van der Waals surface area contributed by atoms with Gasteiger partial charge >= 0.3 is 0 Å². The molecule has 0 saturated heterocycles. The van der Waals surface area contributed by atoms with E-state index in [4.69, 9.17) is 15.9 Å². The summed E-state index contributed by atoms with van der Waals surface area (Å²) in [5, 5.41) is 15.1. The number of hydrogen-bond donors (Lipinski definition) is 4. The van der Waals surface area contributed by atoms with Crippen molar-refractivity contribution in [3.8, 4) is 5.75 Å². The summed E-state index contributed by atoms with van der Waals surface area (Å²) in [6.07, 6.45) is 7.03. The van der Waals surface area contributed by atoms with Crippen LogP contribution in [-0.2, 0) is 17.6 Å². The number of nitrogens with zero attached hydrogens (tertiary/aromatic N) is 3. The van der Waals surface area contributed by atoms with Crippen molar-refractivity contribution in [1.29, 1.82) is 5.41 Å². The zero-order chi connectivity index (χ0) is 25.4. The number of amides is 1. The van der Waals surface area contributed by atoms with Crippen molar-refractivity contribution in [2.45, 2.75) is 33.1 Å². The number of rotatable bonds is 9. The third-order valence-electron chi connectivity index (χ3n) is 5.88. The number of likely N-dealkylation sites (N-methyl/N-ethyl adjacent to an activating group) is 2. The smallest absolute Gasteiger partial charge is 0.209 e. The Kier molecular flexibility index (Phi) is 9.39. The van der Waals surface area contributed by atoms with E-state index in [1.807, 2.05) is 20.0 Å². The summed E-state index contributed by atoms with van der Waals surface area (Å²) in [5.41, 5.74) is 9.32. The van der Waals surface area contributed by atoms with Gasteiger partial charge in [-0.3, -0.25) is 4.79 Å². The number of benzene rings is 1. The Morgan fingerprint density at radius 1 is 1.37 bits per heavy atom. The number of nitrogens with one attached hydrogen (secondary N) is 3.